The van der Waals surface area contributed by atoms with Crippen molar-refractivity contribution in [3.63, 3.8) is 0 Å². The van der Waals surface area contributed by atoms with Crippen LogP contribution in [0.5, 0.6) is 5.75 Å². The first-order valence-electron chi connectivity index (χ1n) is 10.2. The van der Waals surface area contributed by atoms with E-state index in [9.17, 15) is 9.59 Å². The smallest absolute Gasteiger partial charge is 0.338 e. The molecule has 0 bridgehead atoms. The SMILES string of the molecule is CCCCCCOc1ccccc1C1NC(=O)NC(CC)=C1C(=O)OC(C)C. The van der Waals surface area contributed by atoms with E-state index < -0.39 is 12.0 Å². The number of carbonyl (C=O) groups is 2. The first-order chi connectivity index (χ1) is 13.5. The zero-order valence-corrected chi connectivity index (χ0v) is 17.3. The minimum absolute atomic E-state index is 0.249. The predicted octanol–water partition coefficient (Wildman–Crippen LogP) is 4.62. The highest BCUT2D eigenvalue weighted by Crippen LogP contribution is 2.34. The average Bonchev–Trinajstić information content (AvgIpc) is 2.66. The van der Waals surface area contributed by atoms with Gasteiger partial charge in [-0.25, -0.2) is 9.59 Å². The second-order valence-electron chi connectivity index (χ2n) is 7.18. The van der Waals surface area contributed by atoms with Crippen LogP contribution in [-0.4, -0.2) is 24.7 Å². The highest BCUT2D eigenvalue weighted by atomic mass is 16.5. The third-order valence-corrected chi connectivity index (χ3v) is 4.56. The third kappa shape index (κ3) is 5.75. The Morgan fingerprint density at radius 1 is 1.14 bits per heavy atom. The van der Waals surface area contributed by atoms with Gasteiger partial charge in [-0.2, -0.15) is 0 Å². The molecule has 1 aliphatic heterocycles. The Morgan fingerprint density at radius 3 is 2.57 bits per heavy atom. The lowest BCUT2D eigenvalue weighted by molar-refractivity contribution is -0.143. The minimum atomic E-state index is -0.609. The number of ether oxygens (including phenoxy) is 2. The summed E-state index contributed by atoms with van der Waals surface area (Å²) in [6, 6.07) is 6.59. The first-order valence-corrected chi connectivity index (χ1v) is 10.2. The number of hydrogen-bond donors (Lipinski definition) is 2. The van der Waals surface area contributed by atoms with E-state index in [1.807, 2.05) is 31.2 Å². The summed E-state index contributed by atoms with van der Waals surface area (Å²) in [5.74, 6) is 0.249. The van der Waals surface area contributed by atoms with E-state index in [-0.39, 0.29) is 12.1 Å². The molecule has 1 aliphatic rings. The van der Waals surface area contributed by atoms with Gasteiger partial charge >= 0.3 is 12.0 Å². The Bertz CT molecular complexity index is 712. The van der Waals surface area contributed by atoms with Gasteiger partial charge in [0.2, 0.25) is 0 Å². The molecule has 0 radical (unpaired) electrons. The Kier molecular flexibility index (Phi) is 8.36. The van der Waals surface area contributed by atoms with Crippen LogP contribution in [0.25, 0.3) is 0 Å². The fourth-order valence-electron chi connectivity index (χ4n) is 3.21. The monoisotopic (exact) mass is 388 g/mol. The lowest BCUT2D eigenvalue weighted by Gasteiger charge is -2.30. The van der Waals surface area contributed by atoms with Gasteiger partial charge in [0.25, 0.3) is 0 Å². The molecule has 6 nitrogen and oxygen atoms in total. The van der Waals surface area contributed by atoms with Gasteiger partial charge < -0.3 is 20.1 Å². The van der Waals surface area contributed by atoms with Crippen LogP contribution < -0.4 is 15.4 Å². The molecule has 2 amide bonds. The summed E-state index contributed by atoms with van der Waals surface area (Å²) in [6.07, 6.45) is 4.72. The summed E-state index contributed by atoms with van der Waals surface area (Å²) in [5, 5.41) is 5.61. The molecule has 0 fully saturated rings. The Balaban J connectivity index is 2.32. The van der Waals surface area contributed by atoms with E-state index in [2.05, 4.69) is 17.6 Å². The maximum absolute atomic E-state index is 12.8. The van der Waals surface area contributed by atoms with E-state index in [1.165, 1.54) is 12.8 Å². The first kappa shape index (κ1) is 21.8. The van der Waals surface area contributed by atoms with E-state index in [4.69, 9.17) is 9.47 Å². The van der Waals surface area contributed by atoms with Crippen molar-refractivity contribution in [2.45, 2.75) is 71.9 Å². The van der Waals surface area contributed by atoms with E-state index >= 15 is 0 Å². The molecule has 28 heavy (non-hydrogen) atoms. The lowest BCUT2D eigenvalue weighted by Crippen LogP contribution is -2.46. The Hall–Kier alpha value is -2.50. The van der Waals surface area contributed by atoms with Gasteiger partial charge in [0.05, 0.1) is 24.3 Å². The van der Waals surface area contributed by atoms with Crippen LogP contribution in [0, 0.1) is 0 Å². The third-order valence-electron chi connectivity index (χ3n) is 4.56. The van der Waals surface area contributed by atoms with Crippen LogP contribution in [0.4, 0.5) is 4.79 Å². The quantitative estimate of drug-likeness (QED) is 0.453. The highest BCUT2D eigenvalue weighted by molar-refractivity contribution is 5.95. The van der Waals surface area contributed by atoms with Crippen molar-refractivity contribution in [2.24, 2.45) is 0 Å². The van der Waals surface area contributed by atoms with Gasteiger partial charge in [0.15, 0.2) is 0 Å². The number of para-hydroxylation sites is 1. The molecule has 6 heteroatoms. The molecule has 0 aliphatic carbocycles. The number of esters is 1. The number of benzene rings is 1. The van der Waals surface area contributed by atoms with Gasteiger partial charge in [-0.3, -0.25) is 0 Å². The van der Waals surface area contributed by atoms with Crippen LogP contribution in [-0.2, 0) is 9.53 Å². The molecule has 1 heterocycles. The predicted molar refractivity (Wildman–Crippen MR) is 109 cm³/mol. The van der Waals surface area contributed by atoms with Crippen LogP contribution in [0.15, 0.2) is 35.5 Å². The van der Waals surface area contributed by atoms with Gasteiger partial charge in [-0.15, -0.1) is 0 Å². The molecule has 154 valence electrons. The van der Waals surface area contributed by atoms with Crippen LogP contribution >= 0.6 is 0 Å². The highest BCUT2D eigenvalue weighted by Gasteiger charge is 2.35. The molecular weight excluding hydrogens is 356 g/mol. The number of amides is 2. The fraction of sp³-hybridized carbons (Fsp3) is 0.545. The number of urea groups is 1. The van der Waals surface area contributed by atoms with Crippen molar-refractivity contribution in [2.75, 3.05) is 6.61 Å². The number of allylic oxidation sites excluding steroid dienone is 1. The molecule has 1 aromatic carbocycles. The molecule has 0 spiro atoms. The fourth-order valence-corrected chi connectivity index (χ4v) is 3.21. The number of rotatable bonds is 10. The van der Waals surface area contributed by atoms with Crippen molar-refractivity contribution in [3.05, 3.63) is 41.1 Å². The summed E-state index contributed by atoms with van der Waals surface area (Å²) >= 11 is 0. The zero-order chi connectivity index (χ0) is 20.5. The maximum atomic E-state index is 12.8. The molecule has 2 N–H and O–H groups in total. The average molecular weight is 389 g/mol. The summed E-state index contributed by atoms with van der Waals surface area (Å²) in [7, 11) is 0. The lowest BCUT2D eigenvalue weighted by atomic mass is 9.93. The van der Waals surface area contributed by atoms with E-state index in [1.54, 1.807) is 13.8 Å². The molecular formula is C22H32N2O4. The van der Waals surface area contributed by atoms with Gasteiger partial charge in [-0.1, -0.05) is 51.3 Å². The molecule has 1 unspecified atom stereocenters. The van der Waals surface area contributed by atoms with Crippen LogP contribution in [0.2, 0.25) is 0 Å². The van der Waals surface area contributed by atoms with Crippen molar-refractivity contribution in [1.82, 2.24) is 10.6 Å². The van der Waals surface area contributed by atoms with Crippen molar-refractivity contribution >= 4 is 12.0 Å². The summed E-state index contributed by atoms with van der Waals surface area (Å²) in [5.41, 5.74) is 1.77. The molecule has 0 saturated heterocycles. The molecule has 2 rings (SSSR count). The van der Waals surface area contributed by atoms with E-state index in [0.717, 1.165) is 18.4 Å². The van der Waals surface area contributed by atoms with E-state index in [0.29, 0.717) is 30.0 Å². The maximum Gasteiger partial charge on any atom is 0.338 e. The largest absolute Gasteiger partial charge is 0.493 e. The second kappa shape index (κ2) is 10.7. The normalized spacial score (nSPS) is 16.6. The van der Waals surface area contributed by atoms with Crippen molar-refractivity contribution < 1.29 is 19.1 Å². The Morgan fingerprint density at radius 2 is 1.89 bits per heavy atom. The van der Waals surface area contributed by atoms with Gasteiger partial charge in [0.1, 0.15) is 5.75 Å². The second-order valence-corrected chi connectivity index (χ2v) is 7.18. The Labute approximate surface area is 167 Å². The molecule has 1 aromatic rings. The van der Waals surface area contributed by atoms with Gasteiger partial charge in [0, 0.05) is 11.3 Å². The summed E-state index contributed by atoms with van der Waals surface area (Å²) in [4.78, 5) is 25.0. The van der Waals surface area contributed by atoms with Crippen molar-refractivity contribution in [1.29, 1.82) is 0 Å². The number of hydrogen-bond acceptors (Lipinski definition) is 4. The number of unbranched alkanes of at least 4 members (excludes halogenated alkanes) is 3. The number of nitrogens with one attached hydrogen (secondary N) is 2. The zero-order valence-electron chi connectivity index (χ0n) is 17.3. The molecule has 1 atom stereocenters. The van der Waals surface area contributed by atoms with Crippen LogP contribution in [0.1, 0.15) is 71.4 Å². The summed E-state index contributed by atoms with van der Waals surface area (Å²) in [6.45, 7) is 8.29. The number of carbonyl (C=O) groups excluding carboxylic acids is 2. The van der Waals surface area contributed by atoms with Gasteiger partial charge in [-0.05, 0) is 32.8 Å². The standard InChI is InChI=1S/C22H32N2O4/c1-5-7-8-11-14-27-18-13-10-9-12-16(18)20-19(21(25)28-15(3)4)17(6-2)23-22(26)24-20/h9-10,12-13,15,20H,5-8,11,14H2,1-4H3,(H2,23,24,26). The van der Waals surface area contributed by atoms with Crippen molar-refractivity contribution in [3.8, 4) is 5.75 Å². The molecule has 0 aromatic heterocycles. The summed E-state index contributed by atoms with van der Waals surface area (Å²) < 4.78 is 11.4. The minimum Gasteiger partial charge on any atom is -0.493 e. The topological polar surface area (TPSA) is 76.7 Å². The van der Waals surface area contributed by atoms with Crippen LogP contribution in [0.3, 0.4) is 0 Å². The molecule has 0 saturated carbocycles.